The summed E-state index contributed by atoms with van der Waals surface area (Å²) in [5, 5.41) is 9.02. The highest BCUT2D eigenvalue weighted by Gasteiger charge is 2.52. The third kappa shape index (κ3) is 1.30. The topological polar surface area (TPSA) is 27.0 Å². The highest BCUT2D eigenvalue weighted by Crippen LogP contribution is 2.57. The Morgan fingerprint density at radius 2 is 1.62 bits per heavy atom. The quantitative estimate of drug-likeness (QED) is 0.664. The molecule has 0 unspecified atom stereocenters. The van der Waals surface area contributed by atoms with E-state index in [0.29, 0.717) is 11.2 Å². The van der Waals surface area contributed by atoms with E-state index in [-0.39, 0.29) is 0 Å². The summed E-state index contributed by atoms with van der Waals surface area (Å²) in [7, 11) is 2.08. The van der Waals surface area contributed by atoms with Crippen LogP contribution in [0.2, 0.25) is 0 Å². The first-order valence-electron chi connectivity index (χ1n) is 6.46. The number of allylic oxidation sites excluding steroid dienone is 1. The van der Waals surface area contributed by atoms with Gasteiger partial charge in [-0.15, -0.1) is 0 Å². The predicted octanol–water partition coefficient (Wildman–Crippen LogP) is 2.92. The molecule has 86 valence electrons. The molecule has 2 heteroatoms. The lowest BCUT2D eigenvalue weighted by atomic mass is 9.52. The smallest absolute Gasteiger partial charge is 0.116 e. The first-order chi connectivity index (χ1) is 7.63. The standard InChI is InChI=1S/C14H20N2/c1-10(9-15)16(2)14-6-11-3-12(7-14)5-13(4-11)8-14/h11-13H,1,3-8H2,2H3. The second kappa shape index (κ2) is 3.26. The Kier molecular flexibility index (Phi) is 2.08. The van der Waals surface area contributed by atoms with Gasteiger partial charge in [-0.3, -0.25) is 0 Å². The van der Waals surface area contributed by atoms with Crippen molar-refractivity contribution in [3.05, 3.63) is 12.3 Å². The molecule has 0 spiro atoms. The molecule has 16 heavy (non-hydrogen) atoms. The zero-order valence-corrected chi connectivity index (χ0v) is 10.1. The minimum absolute atomic E-state index is 0.293. The predicted molar refractivity (Wildman–Crippen MR) is 63.4 cm³/mol. The molecule has 0 heterocycles. The maximum Gasteiger partial charge on any atom is 0.116 e. The Balaban J connectivity index is 1.89. The van der Waals surface area contributed by atoms with Crippen LogP contribution in [0.25, 0.3) is 0 Å². The molecule has 4 aliphatic carbocycles. The zero-order valence-electron chi connectivity index (χ0n) is 10.1. The van der Waals surface area contributed by atoms with Crippen LogP contribution >= 0.6 is 0 Å². The van der Waals surface area contributed by atoms with Gasteiger partial charge in [-0.1, -0.05) is 6.58 Å². The number of nitriles is 1. The summed E-state index contributed by atoms with van der Waals surface area (Å²) in [5.41, 5.74) is 0.948. The van der Waals surface area contributed by atoms with Gasteiger partial charge in [0.15, 0.2) is 0 Å². The van der Waals surface area contributed by atoms with Gasteiger partial charge >= 0.3 is 0 Å². The van der Waals surface area contributed by atoms with Gasteiger partial charge in [-0.25, -0.2) is 0 Å². The van der Waals surface area contributed by atoms with Gasteiger partial charge in [-0.05, 0) is 56.3 Å². The monoisotopic (exact) mass is 216 g/mol. The fraction of sp³-hybridized carbons (Fsp3) is 0.786. The fourth-order valence-corrected chi connectivity index (χ4v) is 4.84. The second-order valence-corrected chi connectivity index (χ2v) is 6.26. The van der Waals surface area contributed by atoms with Crippen molar-refractivity contribution in [1.82, 2.24) is 4.90 Å². The summed E-state index contributed by atoms with van der Waals surface area (Å²) in [6.45, 7) is 3.90. The summed E-state index contributed by atoms with van der Waals surface area (Å²) in [4.78, 5) is 2.21. The first-order valence-corrected chi connectivity index (χ1v) is 6.46. The molecule has 4 aliphatic rings. The molecule has 0 N–H and O–H groups in total. The van der Waals surface area contributed by atoms with Gasteiger partial charge in [0.1, 0.15) is 11.8 Å². The van der Waals surface area contributed by atoms with Crippen molar-refractivity contribution in [1.29, 1.82) is 5.26 Å². The van der Waals surface area contributed by atoms with E-state index in [0.717, 1.165) is 17.8 Å². The molecule has 2 nitrogen and oxygen atoms in total. The van der Waals surface area contributed by atoms with Crippen LogP contribution in [0.4, 0.5) is 0 Å². The van der Waals surface area contributed by atoms with E-state index in [1.54, 1.807) is 0 Å². The maximum atomic E-state index is 9.02. The van der Waals surface area contributed by atoms with Gasteiger partial charge in [0, 0.05) is 12.6 Å². The molecule has 0 radical (unpaired) electrons. The van der Waals surface area contributed by atoms with Gasteiger partial charge < -0.3 is 4.90 Å². The molecule has 0 aromatic carbocycles. The Morgan fingerprint density at radius 1 is 1.19 bits per heavy atom. The molecular weight excluding hydrogens is 196 g/mol. The molecule has 4 saturated carbocycles. The molecule has 0 saturated heterocycles. The number of nitrogens with zero attached hydrogens (tertiary/aromatic N) is 2. The average Bonchev–Trinajstić information content (AvgIpc) is 2.25. The molecule has 0 aromatic rings. The van der Waals surface area contributed by atoms with Crippen molar-refractivity contribution in [3.63, 3.8) is 0 Å². The second-order valence-electron chi connectivity index (χ2n) is 6.26. The SMILES string of the molecule is C=C(C#N)N(C)C12CC3CC(CC(C3)C1)C2. The van der Waals surface area contributed by atoms with Crippen LogP contribution in [0.15, 0.2) is 12.3 Å². The van der Waals surface area contributed by atoms with Crippen molar-refractivity contribution in [2.24, 2.45) is 17.8 Å². The van der Waals surface area contributed by atoms with Crippen LogP contribution in [0, 0.1) is 29.1 Å². The van der Waals surface area contributed by atoms with Crippen LogP contribution in [-0.2, 0) is 0 Å². The van der Waals surface area contributed by atoms with E-state index < -0.39 is 0 Å². The molecule has 4 fully saturated rings. The lowest BCUT2D eigenvalue weighted by molar-refractivity contribution is -0.0648. The van der Waals surface area contributed by atoms with Crippen LogP contribution in [0.3, 0.4) is 0 Å². The van der Waals surface area contributed by atoms with Crippen molar-refractivity contribution < 1.29 is 0 Å². The van der Waals surface area contributed by atoms with Crippen molar-refractivity contribution >= 4 is 0 Å². The Hall–Kier alpha value is -0.970. The normalized spacial score (nSPS) is 44.1. The van der Waals surface area contributed by atoms with E-state index >= 15 is 0 Å². The third-order valence-corrected chi connectivity index (χ3v) is 5.25. The highest BCUT2D eigenvalue weighted by molar-refractivity contribution is 5.20. The zero-order chi connectivity index (χ0) is 11.3. The lowest BCUT2D eigenvalue weighted by Gasteiger charge is -2.60. The molecule has 4 bridgehead atoms. The Bertz CT molecular complexity index is 328. The van der Waals surface area contributed by atoms with Crippen molar-refractivity contribution in [2.45, 2.75) is 44.1 Å². The van der Waals surface area contributed by atoms with E-state index in [1.165, 1.54) is 38.5 Å². The minimum atomic E-state index is 0.293. The van der Waals surface area contributed by atoms with Gasteiger partial charge in [-0.2, -0.15) is 5.26 Å². The van der Waals surface area contributed by atoms with Crippen LogP contribution in [0.1, 0.15) is 38.5 Å². The Labute approximate surface area is 97.9 Å². The van der Waals surface area contributed by atoms with Gasteiger partial charge in [0.05, 0.1) is 0 Å². The van der Waals surface area contributed by atoms with Crippen LogP contribution < -0.4 is 0 Å². The van der Waals surface area contributed by atoms with Crippen LogP contribution in [-0.4, -0.2) is 17.5 Å². The lowest BCUT2D eigenvalue weighted by Crippen LogP contribution is -2.58. The summed E-state index contributed by atoms with van der Waals surface area (Å²) in [6, 6.07) is 2.22. The Morgan fingerprint density at radius 3 is 2.00 bits per heavy atom. The van der Waals surface area contributed by atoms with E-state index in [9.17, 15) is 0 Å². The van der Waals surface area contributed by atoms with Crippen molar-refractivity contribution in [3.8, 4) is 6.07 Å². The number of rotatable bonds is 2. The molecule has 0 amide bonds. The summed E-state index contributed by atoms with van der Waals surface area (Å²) >= 11 is 0. The summed E-state index contributed by atoms with van der Waals surface area (Å²) in [5.74, 6) is 2.79. The number of hydrogen-bond donors (Lipinski definition) is 0. The van der Waals surface area contributed by atoms with Crippen molar-refractivity contribution in [2.75, 3.05) is 7.05 Å². The highest BCUT2D eigenvalue weighted by atomic mass is 15.2. The van der Waals surface area contributed by atoms with E-state index in [4.69, 9.17) is 5.26 Å². The molecule has 4 rings (SSSR count). The average molecular weight is 216 g/mol. The summed E-state index contributed by atoms with van der Waals surface area (Å²) in [6.07, 6.45) is 8.26. The molecular formula is C14H20N2. The fourth-order valence-electron chi connectivity index (χ4n) is 4.84. The first kappa shape index (κ1) is 10.2. The molecule has 0 aliphatic heterocycles. The van der Waals surface area contributed by atoms with Crippen LogP contribution in [0.5, 0.6) is 0 Å². The number of hydrogen-bond acceptors (Lipinski definition) is 2. The van der Waals surface area contributed by atoms with Gasteiger partial charge in [0.25, 0.3) is 0 Å². The summed E-state index contributed by atoms with van der Waals surface area (Å²) < 4.78 is 0. The third-order valence-electron chi connectivity index (χ3n) is 5.25. The molecule has 0 aromatic heterocycles. The van der Waals surface area contributed by atoms with Gasteiger partial charge in [0.2, 0.25) is 0 Å². The van der Waals surface area contributed by atoms with E-state index in [1.807, 2.05) is 0 Å². The maximum absolute atomic E-state index is 9.02. The largest absolute Gasteiger partial charge is 0.361 e. The minimum Gasteiger partial charge on any atom is -0.361 e. The molecule has 0 atom stereocenters. The van der Waals surface area contributed by atoms with E-state index in [2.05, 4.69) is 24.6 Å².